The molecule has 1 aliphatic rings. The van der Waals surface area contributed by atoms with Crippen molar-refractivity contribution in [3.8, 4) is 0 Å². The molecule has 1 atom stereocenters. The lowest BCUT2D eigenvalue weighted by atomic mass is 9.99. The van der Waals surface area contributed by atoms with Crippen LogP contribution in [0.5, 0.6) is 0 Å². The van der Waals surface area contributed by atoms with E-state index in [1.54, 1.807) is 4.31 Å². The van der Waals surface area contributed by atoms with Gasteiger partial charge in [-0.3, -0.25) is 0 Å². The second-order valence-corrected chi connectivity index (χ2v) is 8.37. The highest BCUT2D eigenvalue weighted by Crippen LogP contribution is 2.20. The molecule has 1 N–H and O–H groups in total. The summed E-state index contributed by atoms with van der Waals surface area (Å²) in [4.78, 5) is 2.25. The van der Waals surface area contributed by atoms with Gasteiger partial charge in [-0.25, -0.2) is 12.7 Å². The summed E-state index contributed by atoms with van der Waals surface area (Å²) in [5, 5.41) is 9.30. The number of aliphatic hydroxyl groups is 1. The van der Waals surface area contributed by atoms with Crippen molar-refractivity contribution in [2.24, 2.45) is 5.92 Å². The standard InChI is InChI=1S/C17H28N2O3S/c1-23(21,22)19-10-5-8-17(15-19)14-18(12-13-20)11-9-16-6-3-2-4-7-16/h2-4,6-7,17,20H,5,8-15H2,1H3. The van der Waals surface area contributed by atoms with Crippen LogP contribution >= 0.6 is 0 Å². The fraction of sp³-hybridized carbons (Fsp3) is 0.647. The van der Waals surface area contributed by atoms with E-state index < -0.39 is 10.0 Å². The van der Waals surface area contributed by atoms with Gasteiger partial charge in [-0.2, -0.15) is 0 Å². The second kappa shape index (κ2) is 8.78. The third-order valence-corrected chi connectivity index (χ3v) is 5.71. The highest BCUT2D eigenvalue weighted by Gasteiger charge is 2.26. The topological polar surface area (TPSA) is 60.9 Å². The van der Waals surface area contributed by atoms with Gasteiger partial charge >= 0.3 is 0 Å². The molecule has 0 saturated carbocycles. The molecule has 23 heavy (non-hydrogen) atoms. The lowest BCUT2D eigenvalue weighted by Crippen LogP contribution is -2.44. The van der Waals surface area contributed by atoms with Crippen molar-refractivity contribution in [1.82, 2.24) is 9.21 Å². The first-order valence-corrected chi connectivity index (χ1v) is 10.2. The molecule has 0 amide bonds. The molecular weight excluding hydrogens is 312 g/mol. The van der Waals surface area contributed by atoms with Crippen LogP contribution in [0.3, 0.4) is 0 Å². The number of nitrogens with zero attached hydrogens (tertiary/aromatic N) is 2. The monoisotopic (exact) mass is 340 g/mol. The molecule has 0 aliphatic carbocycles. The van der Waals surface area contributed by atoms with Crippen LogP contribution in [0.15, 0.2) is 30.3 Å². The molecule has 1 fully saturated rings. The average molecular weight is 340 g/mol. The predicted molar refractivity (Wildman–Crippen MR) is 92.8 cm³/mol. The molecule has 0 aromatic heterocycles. The summed E-state index contributed by atoms with van der Waals surface area (Å²) in [7, 11) is -3.10. The Bertz CT molecular complexity index is 562. The largest absolute Gasteiger partial charge is 0.395 e. The van der Waals surface area contributed by atoms with Crippen molar-refractivity contribution in [2.75, 3.05) is 45.6 Å². The summed E-state index contributed by atoms with van der Waals surface area (Å²) < 4.78 is 25.0. The van der Waals surface area contributed by atoms with E-state index in [1.165, 1.54) is 11.8 Å². The van der Waals surface area contributed by atoms with Gasteiger partial charge in [-0.15, -0.1) is 0 Å². The summed E-state index contributed by atoms with van der Waals surface area (Å²) in [5.41, 5.74) is 1.29. The number of aliphatic hydroxyl groups excluding tert-OH is 1. The van der Waals surface area contributed by atoms with Crippen LogP contribution in [0.25, 0.3) is 0 Å². The molecule has 6 heteroatoms. The smallest absolute Gasteiger partial charge is 0.211 e. The zero-order chi connectivity index (χ0) is 16.7. The summed E-state index contributed by atoms with van der Waals surface area (Å²) in [5.74, 6) is 0.348. The molecule has 1 aliphatic heterocycles. The van der Waals surface area contributed by atoms with Crippen molar-refractivity contribution < 1.29 is 13.5 Å². The first kappa shape index (κ1) is 18.4. The van der Waals surface area contributed by atoms with E-state index in [1.807, 2.05) is 18.2 Å². The molecule has 0 spiro atoms. The molecular formula is C17H28N2O3S. The normalized spacial score (nSPS) is 20.0. The lowest BCUT2D eigenvalue weighted by molar-refractivity contribution is 0.150. The highest BCUT2D eigenvalue weighted by molar-refractivity contribution is 7.88. The summed E-state index contributed by atoms with van der Waals surface area (Å²) >= 11 is 0. The zero-order valence-electron chi connectivity index (χ0n) is 13.9. The Morgan fingerprint density at radius 3 is 2.65 bits per heavy atom. The van der Waals surface area contributed by atoms with Crippen LogP contribution in [0.4, 0.5) is 0 Å². The fourth-order valence-corrected chi connectivity index (χ4v) is 4.15. The van der Waals surface area contributed by atoms with Crippen molar-refractivity contribution in [3.05, 3.63) is 35.9 Å². The maximum Gasteiger partial charge on any atom is 0.211 e. The van der Waals surface area contributed by atoms with Crippen LogP contribution in [0.2, 0.25) is 0 Å². The zero-order valence-corrected chi connectivity index (χ0v) is 14.7. The SMILES string of the molecule is CS(=O)(=O)N1CCCC(CN(CCO)CCc2ccccc2)C1. The molecule has 130 valence electrons. The summed E-state index contributed by atoms with van der Waals surface area (Å²) in [6, 6.07) is 10.3. The molecule has 0 bridgehead atoms. The van der Waals surface area contributed by atoms with Crippen molar-refractivity contribution in [3.63, 3.8) is 0 Å². The lowest BCUT2D eigenvalue weighted by Gasteiger charge is -2.34. The van der Waals surface area contributed by atoms with E-state index in [0.717, 1.165) is 32.4 Å². The Kier molecular flexibility index (Phi) is 7.02. The van der Waals surface area contributed by atoms with Crippen molar-refractivity contribution >= 4 is 10.0 Å². The van der Waals surface area contributed by atoms with Gasteiger partial charge in [0, 0.05) is 32.7 Å². The number of hydrogen-bond acceptors (Lipinski definition) is 4. The van der Waals surface area contributed by atoms with Gasteiger partial charge in [0.2, 0.25) is 10.0 Å². The van der Waals surface area contributed by atoms with E-state index in [-0.39, 0.29) is 6.61 Å². The van der Waals surface area contributed by atoms with E-state index in [9.17, 15) is 13.5 Å². The van der Waals surface area contributed by atoms with Gasteiger partial charge in [0.25, 0.3) is 0 Å². The first-order valence-electron chi connectivity index (χ1n) is 8.31. The maximum atomic E-state index is 11.7. The van der Waals surface area contributed by atoms with Gasteiger partial charge in [-0.1, -0.05) is 30.3 Å². The number of piperidine rings is 1. The second-order valence-electron chi connectivity index (χ2n) is 6.39. The van der Waals surface area contributed by atoms with Gasteiger partial charge in [-0.05, 0) is 30.7 Å². The Morgan fingerprint density at radius 1 is 1.26 bits per heavy atom. The highest BCUT2D eigenvalue weighted by atomic mass is 32.2. The maximum absolute atomic E-state index is 11.7. The van der Waals surface area contributed by atoms with Crippen LogP contribution in [-0.4, -0.2) is 68.3 Å². The molecule has 1 unspecified atom stereocenters. The van der Waals surface area contributed by atoms with Gasteiger partial charge in [0.15, 0.2) is 0 Å². The van der Waals surface area contributed by atoms with Crippen LogP contribution in [0.1, 0.15) is 18.4 Å². The Balaban J connectivity index is 1.88. The van der Waals surface area contributed by atoms with Crippen LogP contribution < -0.4 is 0 Å². The number of hydrogen-bond donors (Lipinski definition) is 1. The minimum atomic E-state index is -3.10. The predicted octanol–water partition coefficient (Wildman–Crippen LogP) is 1.20. The fourth-order valence-electron chi connectivity index (χ4n) is 3.21. The minimum absolute atomic E-state index is 0.136. The average Bonchev–Trinajstić information content (AvgIpc) is 2.53. The van der Waals surface area contributed by atoms with Gasteiger partial charge in [0.1, 0.15) is 0 Å². The number of rotatable bonds is 8. The molecule has 1 heterocycles. The quantitative estimate of drug-likeness (QED) is 0.772. The van der Waals surface area contributed by atoms with E-state index in [0.29, 0.717) is 25.6 Å². The Hall–Kier alpha value is -0.950. The minimum Gasteiger partial charge on any atom is -0.395 e. The first-order chi connectivity index (χ1) is 11.0. The van der Waals surface area contributed by atoms with Gasteiger partial charge < -0.3 is 10.0 Å². The van der Waals surface area contributed by atoms with Crippen molar-refractivity contribution in [1.29, 1.82) is 0 Å². The molecule has 1 saturated heterocycles. The van der Waals surface area contributed by atoms with E-state index in [4.69, 9.17) is 0 Å². The third-order valence-electron chi connectivity index (χ3n) is 4.44. The molecule has 5 nitrogen and oxygen atoms in total. The Morgan fingerprint density at radius 2 is 2.00 bits per heavy atom. The molecule has 1 aromatic rings. The molecule has 0 radical (unpaired) electrons. The third kappa shape index (κ3) is 6.22. The Labute approximate surface area is 140 Å². The van der Waals surface area contributed by atoms with E-state index >= 15 is 0 Å². The van der Waals surface area contributed by atoms with Gasteiger partial charge in [0.05, 0.1) is 12.9 Å². The molecule has 2 rings (SSSR count). The number of benzene rings is 1. The van der Waals surface area contributed by atoms with Crippen LogP contribution in [0, 0.1) is 5.92 Å². The molecule has 1 aromatic carbocycles. The van der Waals surface area contributed by atoms with Crippen molar-refractivity contribution in [2.45, 2.75) is 19.3 Å². The van der Waals surface area contributed by atoms with E-state index in [2.05, 4.69) is 17.0 Å². The van der Waals surface area contributed by atoms with Crippen LogP contribution in [-0.2, 0) is 16.4 Å². The summed E-state index contributed by atoms with van der Waals surface area (Å²) in [6.07, 6.45) is 4.21. The summed E-state index contributed by atoms with van der Waals surface area (Å²) in [6.45, 7) is 3.75. The number of sulfonamides is 1.